The molecule has 2 aliphatic rings. The second-order valence-electron chi connectivity index (χ2n) is 7.60. The summed E-state index contributed by atoms with van der Waals surface area (Å²) in [7, 11) is 2.93. The largest absolute Gasteiger partial charge is 0.497 e. The Hall–Kier alpha value is -3.39. The van der Waals surface area contributed by atoms with Gasteiger partial charge in [0.1, 0.15) is 17.4 Å². The molecule has 0 fully saturated rings. The summed E-state index contributed by atoms with van der Waals surface area (Å²) < 4.78 is 18.6. The highest BCUT2D eigenvalue weighted by atomic mass is 32.1. The molecule has 8 heteroatoms. The second kappa shape index (κ2) is 7.09. The lowest BCUT2D eigenvalue weighted by molar-refractivity contribution is -0.158. The molecule has 0 unspecified atom stereocenters. The van der Waals surface area contributed by atoms with Crippen LogP contribution in [0.15, 0.2) is 58.3 Å². The first-order valence-electron chi connectivity index (χ1n) is 9.78. The molecule has 1 aromatic heterocycles. The number of ether oxygens (including phenoxy) is 3. The van der Waals surface area contributed by atoms with E-state index in [-0.39, 0.29) is 5.56 Å². The molecule has 0 amide bonds. The number of rotatable bonds is 3. The lowest BCUT2D eigenvalue weighted by atomic mass is 9.81. The van der Waals surface area contributed by atoms with Crippen LogP contribution in [0.1, 0.15) is 24.1 Å². The Balaban J connectivity index is 1.77. The van der Waals surface area contributed by atoms with E-state index in [4.69, 9.17) is 19.2 Å². The minimum atomic E-state index is -1.17. The molecule has 2 aromatic carbocycles. The number of fused-ring (bicyclic) bond motifs is 6. The van der Waals surface area contributed by atoms with Crippen molar-refractivity contribution in [3.63, 3.8) is 0 Å². The maximum atomic E-state index is 13.5. The van der Waals surface area contributed by atoms with E-state index in [0.29, 0.717) is 20.8 Å². The fourth-order valence-electron chi connectivity index (χ4n) is 4.31. The summed E-state index contributed by atoms with van der Waals surface area (Å²) in [6.45, 7) is 1.76. The van der Waals surface area contributed by atoms with Gasteiger partial charge < -0.3 is 14.2 Å². The molecule has 158 valence electrons. The smallest absolute Gasteiger partial charge is 0.317 e. The molecule has 3 atom stereocenters. The van der Waals surface area contributed by atoms with Crippen LogP contribution in [0.3, 0.4) is 0 Å². The zero-order valence-corrected chi connectivity index (χ0v) is 18.0. The predicted molar refractivity (Wildman–Crippen MR) is 115 cm³/mol. The van der Waals surface area contributed by atoms with E-state index in [9.17, 15) is 9.59 Å². The van der Waals surface area contributed by atoms with Gasteiger partial charge in [-0.25, -0.2) is 4.99 Å². The average molecular weight is 436 g/mol. The van der Waals surface area contributed by atoms with Crippen molar-refractivity contribution >= 4 is 23.4 Å². The van der Waals surface area contributed by atoms with Crippen LogP contribution in [-0.4, -0.2) is 30.5 Å². The molecule has 0 N–H and O–H groups in total. The van der Waals surface area contributed by atoms with Crippen LogP contribution in [0.2, 0.25) is 0 Å². The molecule has 3 aromatic rings. The van der Waals surface area contributed by atoms with Crippen LogP contribution in [0.5, 0.6) is 11.5 Å². The fourth-order valence-corrected chi connectivity index (χ4v) is 5.41. The molecule has 0 saturated heterocycles. The van der Waals surface area contributed by atoms with Gasteiger partial charge in [-0.2, -0.15) is 0 Å². The molecule has 2 aliphatic heterocycles. The van der Waals surface area contributed by atoms with E-state index < -0.39 is 23.7 Å². The van der Waals surface area contributed by atoms with Crippen molar-refractivity contribution in [3.05, 3.63) is 79.3 Å². The second-order valence-corrected chi connectivity index (χ2v) is 8.61. The standard InChI is InChI=1S/C23H20N2O5S/c1-23-18(21(27)29-3)19(15-9-4-5-10-16(15)30-23)25-20(26)17(31-22(25)24-23)12-13-7-6-8-14(11-13)28-2/h4-12,18-19H,1-3H3/b17-12+/t18-,19-,23+/m1/s1. The number of carbonyl (C=O) groups is 1. The first-order chi connectivity index (χ1) is 14.9. The van der Waals surface area contributed by atoms with Gasteiger partial charge in [0, 0.05) is 5.56 Å². The van der Waals surface area contributed by atoms with E-state index in [1.165, 1.54) is 18.4 Å². The van der Waals surface area contributed by atoms with E-state index in [1.54, 1.807) is 18.6 Å². The number of methoxy groups -OCH3 is 2. The quantitative estimate of drug-likeness (QED) is 0.586. The topological polar surface area (TPSA) is 79.1 Å². The van der Waals surface area contributed by atoms with Crippen molar-refractivity contribution in [1.82, 2.24) is 4.57 Å². The number of nitrogens with zero attached hydrogens (tertiary/aromatic N) is 2. The number of benzene rings is 2. The van der Waals surface area contributed by atoms with Gasteiger partial charge in [-0.05, 0) is 36.8 Å². The Labute approximate surface area is 181 Å². The highest BCUT2D eigenvalue weighted by molar-refractivity contribution is 7.07. The molecule has 5 rings (SSSR count). The zero-order valence-electron chi connectivity index (χ0n) is 17.2. The number of aromatic nitrogens is 1. The lowest BCUT2D eigenvalue weighted by Gasteiger charge is -2.44. The van der Waals surface area contributed by atoms with Crippen LogP contribution < -0.4 is 24.4 Å². The molecular weight excluding hydrogens is 416 g/mol. The highest BCUT2D eigenvalue weighted by Gasteiger charge is 2.55. The number of carbonyl (C=O) groups excluding carboxylic acids is 1. The Morgan fingerprint density at radius 2 is 2.03 bits per heavy atom. The molecule has 3 heterocycles. The minimum Gasteiger partial charge on any atom is -0.497 e. The third-order valence-corrected chi connectivity index (χ3v) is 6.71. The molecular formula is C23H20N2O5S. The summed E-state index contributed by atoms with van der Waals surface area (Å²) in [4.78, 5) is 31.5. The van der Waals surface area contributed by atoms with Crippen LogP contribution in [0.25, 0.3) is 6.08 Å². The van der Waals surface area contributed by atoms with Crippen LogP contribution in [-0.2, 0) is 9.53 Å². The van der Waals surface area contributed by atoms with Gasteiger partial charge >= 0.3 is 5.97 Å². The van der Waals surface area contributed by atoms with Crippen molar-refractivity contribution in [1.29, 1.82) is 0 Å². The Kier molecular flexibility index (Phi) is 4.48. The summed E-state index contributed by atoms with van der Waals surface area (Å²) in [5, 5.41) is 0. The van der Waals surface area contributed by atoms with Gasteiger partial charge in [-0.3, -0.25) is 14.2 Å². The number of esters is 1. The summed E-state index contributed by atoms with van der Waals surface area (Å²) >= 11 is 1.28. The van der Waals surface area contributed by atoms with Crippen LogP contribution >= 0.6 is 11.3 Å². The Morgan fingerprint density at radius 1 is 1.23 bits per heavy atom. The van der Waals surface area contributed by atoms with Gasteiger partial charge in [0.15, 0.2) is 4.80 Å². The summed E-state index contributed by atoms with van der Waals surface area (Å²) in [5.74, 6) is 0.0713. The maximum absolute atomic E-state index is 13.5. The molecule has 31 heavy (non-hydrogen) atoms. The molecule has 0 aliphatic carbocycles. The molecule has 0 radical (unpaired) electrons. The monoisotopic (exact) mass is 436 g/mol. The first kappa shape index (κ1) is 19.6. The Bertz CT molecular complexity index is 1380. The summed E-state index contributed by atoms with van der Waals surface area (Å²) in [6, 6.07) is 14.3. The van der Waals surface area contributed by atoms with Crippen molar-refractivity contribution in [2.45, 2.75) is 18.7 Å². The summed E-state index contributed by atoms with van der Waals surface area (Å²) in [6.07, 6.45) is 1.81. The van der Waals surface area contributed by atoms with E-state index in [1.807, 2.05) is 54.6 Å². The van der Waals surface area contributed by atoms with Gasteiger partial charge in [-0.1, -0.05) is 41.7 Å². The van der Waals surface area contributed by atoms with E-state index in [2.05, 4.69) is 0 Å². The minimum absolute atomic E-state index is 0.204. The van der Waals surface area contributed by atoms with Gasteiger partial charge in [0.25, 0.3) is 5.56 Å². The van der Waals surface area contributed by atoms with Crippen LogP contribution in [0, 0.1) is 5.92 Å². The fraction of sp³-hybridized carbons (Fsp3) is 0.261. The van der Waals surface area contributed by atoms with Crippen molar-refractivity contribution in [3.8, 4) is 11.5 Å². The van der Waals surface area contributed by atoms with Crippen molar-refractivity contribution in [2.75, 3.05) is 14.2 Å². The maximum Gasteiger partial charge on any atom is 0.317 e. The van der Waals surface area contributed by atoms with Crippen molar-refractivity contribution in [2.24, 2.45) is 10.9 Å². The molecule has 0 spiro atoms. The SMILES string of the molecule is COC(=O)[C@H]1[C@H]2c3ccccc3O[C@]1(C)N=c1s/c(=C/c3cccc(OC)c3)c(=O)n12. The number of para-hydroxylation sites is 1. The number of hydrogen-bond acceptors (Lipinski definition) is 7. The Morgan fingerprint density at radius 3 is 2.81 bits per heavy atom. The third-order valence-electron chi connectivity index (χ3n) is 5.73. The molecule has 0 saturated carbocycles. The molecule has 7 nitrogen and oxygen atoms in total. The van der Waals surface area contributed by atoms with Crippen LogP contribution in [0.4, 0.5) is 0 Å². The first-order valence-corrected chi connectivity index (χ1v) is 10.6. The normalized spacial score (nSPS) is 23.8. The predicted octanol–water partition coefficient (Wildman–Crippen LogP) is 1.87. The van der Waals surface area contributed by atoms with Gasteiger partial charge in [0.05, 0.1) is 24.8 Å². The lowest BCUT2D eigenvalue weighted by Crippen LogP contribution is -2.58. The third kappa shape index (κ3) is 2.97. The molecule has 2 bridgehead atoms. The highest BCUT2D eigenvalue weighted by Crippen LogP contribution is 2.47. The van der Waals surface area contributed by atoms with E-state index >= 15 is 0 Å². The van der Waals surface area contributed by atoms with Crippen molar-refractivity contribution < 1.29 is 19.0 Å². The zero-order chi connectivity index (χ0) is 21.8. The van der Waals surface area contributed by atoms with E-state index in [0.717, 1.165) is 11.1 Å². The van der Waals surface area contributed by atoms with Gasteiger partial charge in [-0.15, -0.1) is 0 Å². The summed E-state index contributed by atoms with van der Waals surface area (Å²) in [5.41, 5.74) is 0.228. The van der Waals surface area contributed by atoms with Gasteiger partial charge in [0.2, 0.25) is 5.72 Å². The average Bonchev–Trinajstić information content (AvgIpc) is 3.06. The number of hydrogen-bond donors (Lipinski definition) is 0. The number of thiazole rings is 1.